The molecule has 52 heavy (non-hydrogen) atoms. The van der Waals surface area contributed by atoms with Crippen molar-refractivity contribution < 1.29 is 28.5 Å². The number of nitrogens with zero attached hydrogens (tertiary/aromatic N) is 2. The van der Waals surface area contributed by atoms with E-state index >= 15 is 0 Å². The van der Waals surface area contributed by atoms with E-state index in [1.807, 2.05) is 84.9 Å². The Kier molecular flexibility index (Phi) is 13.0. The van der Waals surface area contributed by atoms with Gasteiger partial charge >= 0.3 is 11.9 Å². The predicted molar refractivity (Wildman–Crippen MR) is 207 cm³/mol. The van der Waals surface area contributed by atoms with Gasteiger partial charge in [-0.1, -0.05) is 48.5 Å². The highest BCUT2D eigenvalue weighted by molar-refractivity contribution is 5.85. The Bertz CT molecular complexity index is 1920. The van der Waals surface area contributed by atoms with Crippen LogP contribution >= 0.6 is 12.4 Å². The van der Waals surface area contributed by atoms with E-state index < -0.39 is 11.9 Å². The highest BCUT2D eigenvalue weighted by Crippen LogP contribution is 2.37. The van der Waals surface area contributed by atoms with Crippen LogP contribution in [0.4, 0.5) is 17.1 Å². The molecule has 0 amide bonds. The van der Waals surface area contributed by atoms with E-state index in [1.165, 1.54) is 0 Å². The summed E-state index contributed by atoms with van der Waals surface area (Å²) in [5.41, 5.74) is 8.46. The molecule has 1 heterocycles. The van der Waals surface area contributed by atoms with Crippen molar-refractivity contribution in [2.45, 2.75) is 13.8 Å². The van der Waals surface area contributed by atoms with E-state index in [0.717, 1.165) is 50.7 Å². The van der Waals surface area contributed by atoms with Gasteiger partial charge in [-0.15, -0.1) is 12.4 Å². The van der Waals surface area contributed by atoms with E-state index in [1.54, 1.807) is 13.8 Å². The van der Waals surface area contributed by atoms with Crippen LogP contribution in [0, 0.1) is 0 Å². The number of pyridine rings is 1. The van der Waals surface area contributed by atoms with Gasteiger partial charge in [0.25, 0.3) is 0 Å². The van der Waals surface area contributed by atoms with Gasteiger partial charge in [-0.05, 0) is 122 Å². The summed E-state index contributed by atoms with van der Waals surface area (Å²) >= 11 is 0. The van der Waals surface area contributed by atoms with Gasteiger partial charge in [0.1, 0.15) is 11.5 Å². The summed E-state index contributed by atoms with van der Waals surface area (Å²) in [6.07, 6.45) is 0. The van der Waals surface area contributed by atoms with Gasteiger partial charge in [0.2, 0.25) is 0 Å². The average Bonchev–Trinajstić information content (AvgIpc) is 3.18. The van der Waals surface area contributed by atoms with E-state index in [2.05, 4.69) is 65.6 Å². The highest BCUT2D eigenvalue weighted by Gasteiger charge is 2.14. The van der Waals surface area contributed by atoms with Crippen LogP contribution in [0.1, 0.15) is 13.8 Å². The quantitative estimate of drug-likeness (QED) is 0.103. The second-order valence-electron chi connectivity index (χ2n) is 11.4. The topological polar surface area (TPSA) is 87.2 Å². The summed E-state index contributed by atoms with van der Waals surface area (Å²) in [4.78, 5) is 30.8. The maximum Gasteiger partial charge on any atom is 0.344 e. The van der Waals surface area contributed by atoms with Crippen LogP contribution in [-0.2, 0) is 19.1 Å². The number of halogens is 1. The fourth-order valence-electron chi connectivity index (χ4n) is 5.53. The molecule has 0 spiro atoms. The summed E-state index contributed by atoms with van der Waals surface area (Å²) in [6, 6.07) is 48.2. The van der Waals surface area contributed by atoms with Crippen molar-refractivity contribution in [3.63, 3.8) is 0 Å². The zero-order valence-corrected chi connectivity index (χ0v) is 29.8. The average molecular weight is 715 g/mol. The molecule has 1 aromatic heterocycles. The molecular weight excluding hydrogens is 676 g/mol. The fourth-order valence-corrected chi connectivity index (χ4v) is 5.53. The van der Waals surface area contributed by atoms with E-state index in [0.29, 0.717) is 24.7 Å². The maximum absolute atomic E-state index is 11.8. The lowest BCUT2D eigenvalue weighted by molar-refractivity contribution is -0.146. The first kappa shape index (κ1) is 37.1. The van der Waals surface area contributed by atoms with Gasteiger partial charge in [-0.2, -0.15) is 0 Å². The van der Waals surface area contributed by atoms with Crippen LogP contribution in [0.15, 0.2) is 146 Å². The van der Waals surface area contributed by atoms with Crippen molar-refractivity contribution in [1.29, 1.82) is 0 Å². The normalized spacial score (nSPS) is 10.4. The van der Waals surface area contributed by atoms with E-state index in [4.69, 9.17) is 23.9 Å². The van der Waals surface area contributed by atoms with Crippen LogP contribution < -0.4 is 14.4 Å². The minimum atomic E-state index is -0.417. The Morgan fingerprint density at radius 2 is 0.885 bits per heavy atom. The van der Waals surface area contributed by atoms with Crippen molar-refractivity contribution in [3.8, 4) is 45.1 Å². The molecule has 0 aliphatic rings. The summed E-state index contributed by atoms with van der Waals surface area (Å²) in [5, 5.41) is 0. The number of esters is 2. The molecule has 0 saturated heterocycles. The zero-order valence-electron chi connectivity index (χ0n) is 28.9. The number of carbonyl (C=O) groups is 2. The number of carbonyl (C=O) groups excluding carboxylic acids is 2. The fraction of sp³-hybridized carbons (Fsp3) is 0.140. The molecule has 0 N–H and O–H groups in total. The monoisotopic (exact) mass is 714 g/mol. The SMILES string of the molecule is CCOC(=O)COc1ccc(-c2cc(-c3ccc(N(c4ccccc4)c4ccccc4)cc3)cc(-c3ccc(OCC(=O)OCC)cc3)n2)cc1.Cl. The number of ether oxygens (including phenoxy) is 4. The first-order valence-corrected chi connectivity index (χ1v) is 16.8. The standard InChI is InChI=1S/C43H38N2O6.ClH/c1-3-48-42(46)29-50-38-23-17-32(18-24-38)40-27-34(28-41(44-40)33-19-25-39(26-20-33)51-30-43(47)49-4-2)31-15-21-37(22-16-31)45(35-11-7-5-8-12-35)36-13-9-6-10-14-36;/h5-28H,3-4,29-30H2,1-2H3;1H. The number of hydrogen-bond donors (Lipinski definition) is 0. The van der Waals surface area contributed by atoms with Gasteiger partial charge in [0, 0.05) is 28.2 Å². The largest absolute Gasteiger partial charge is 0.482 e. The lowest BCUT2D eigenvalue weighted by atomic mass is 9.99. The molecule has 0 atom stereocenters. The molecule has 0 unspecified atom stereocenters. The Hall–Kier alpha value is -6.12. The van der Waals surface area contributed by atoms with Gasteiger partial charge < -0.3 is 23.8 Å². The number of hydrogen-bond acceptors (Lipinski definition) is 8. The second-order valence-corrected chi connectivity index (χ2v) is 11.4. The van der Waals surface area contributed by atoms with Crippen LogP contribution in [0.5, 0.6) is 11.5 Å². The molecule has 0 aliphatic carbocycles. The third-order valence-corrected chi connectivity index (χ3v) is 7.94. The molecule has 5 aromatic carbocycles. The molecule has 264 valence electrons. The van der Waals surface area contributed by atoms with Crippen molar-refractivity contribution >= 4 is 41.4 Å². The molecule has 0 fully saturated rings. The van der Waals surface area contributed by atoms with Gasteiger partial charge in [0.05, 0.1) is 24.6 Å². The Labute approximate surface area is 310 Å². The van der Waals surface area contributed by atoms with E-state index in [9.17, 15) is 9.59 Å². The van der Waals surface area contributed by atoms with Crippen molar-refractivity contribution in [1.82, 2.24) is 4.98 Å². The van der Waals surface area contributed by atoms with Crippen molar-refractivity contribution in [3.05, 3.63) is 146 Å². The molecule has 6 aromatic rings. The first-order chi connectivity index (χ1) is 25.0. The van der Waals surface area contributed by atoms with Gasteiger partial charge in [-0.25, -0.2) is 14.6 Å². The molecule has 0 bridgehead atoms. The molecular formula is C43H39ClN2O6. The number of rotatable bonds is 14. The lowest BCUT2D eigenvalue weighted by Crippen LogP contribution is -2.14. The van der Waals surface area contributed by atoms with Crippen LogP contribution in [0.3, 0.4) is 0 Å². The number of anilines is 3. The lowest BCUT2D eigenvalue weighted by Gasteiger charge is -2.25. The van der Waals surface area contributed by atoms with Gasteiger partial charge in [0.15, 0.2) is 13.2 Å². The first-order valence-electron chi connectivity index (χ1n) is 16.8. The molecule has 6 rings (SSSR count). The second kappa shape index (κ2) is 18.2. The molecule has 8 nitrogen and oxygen atoms in total. The summed E-state index contributed by atoms with van der Waals surface area (Å²) in [7, 11) is 0. The minimum absolute atomic E-state index is 0. The van der Waals surface area contributed by atoms with Crippen molar-refractivity contribution in [2.24, 2.45) is 0 Å². The smallest absolute Gasteiger partial charge is 0.344 e. The maximum atomic E-state index is 11.8. The summed E-state index contributed by atoms with van der Waals surface area (Å²) in [6.45, 7) is 3.80. The van der Waals surface area contributed by atoms with Gasteiger partial charge in [-0.3, -0.25) is 0 Å². The van der Waals surface area contributed by atoms with Crippen LogP contribution in [0.25, 0.3) is 33.6 Å². The Balaban J connectivity index is 0.00000523. The molecule has 0 saturated carbocycles. The van der Waals surface area contributed by atoms with Crippen LogP contribution in [0.2, 0.25) is 0 Å². The van der Waals surface area contributed by atoms with Crippen LogP contribution in [-0.4, -0.2) is 43.4 Å². The predicted octanol–water partition coefficient (Wildman–Crippen LogP) is 9.86. The summed E-state index contributed by atoms with van der Waals surface area (Å²) < 4.78 is 21.2. The van der Waals surface area contributed by atoms with E-state index in [-0.39, 0.29) is 25.6 Å². The number of aromatic nitrogens is 1. The Morgan fingerprint density at radius 3 is 1.29 bits per heavy atom. The van der Waals surface area contributed by atoms with Crippen molar-refractivity contribution in [2.75, 3.05) is 31.3 Å². The highest BCUT2D eigenvalue weighted by atomic mass is 35.5. The molecule has 9 heteroatoms. The number of benzene rings is 5. The zero-order chi connectivity index (χ0) is 35.4. The Morgan fingerprint density at radius 1 is 0.500 bits per heavy atom. The molecule has 0 aliphatic heterocycles. The number of para-hydroxylation sites is 2. The third kappa shape index (κ3) is 9.56. The summed E-state index contributed by atoms with van der Waals surface area (Å²) in [5.74, 6) is 0.274. The molecule has 0 radical (unpaired) electrons. The minimum Gasteiger partial charge on any atom is -0.482 e. The third-order valence-electron chi connectivity index (χ3n) is 7.94.